The summed E-state index contributed by atoms with van der Waals surface area (Å²) in [6.45, 7) is 0. The Kier molecular flexibility index (Phi) is 2.47. The third-order valence-electron chi connectivity index (χ3n) is 0.966. The van der Waals surface area contributed by atoms with Gasteiger partial charge in [-0.15, -0.1) is 11.8 Å². The lowest BCUT2D eigenvalue weighted by atomic mass is 10.6. The second-order valence-electron chi connectivity index (χ2n) is 1.56. The molecule has 0 saturated carbocycles. The second-order valence-corrected chi connectivity index (χ2v) is 2.38. The van der Waals surface area contributed by atoms with Crippen LogP contribution in [-0.4, -0.2) is 21.4 Å². The largest absolute Gasteiger partial charge is 0.290 e. The van der Waals surface area contributed by atoms with Crippen LogP contribution in [0.5, 0.6) is 0 Å². The number of aromatic nitrogens is 2. The van der Waals surface area contributed by atoms with Crippen LogP contribution in [0.25, 0.3) is 0 Å². The van der Waals surface area contributed by atoms with Crippen LogP contribution in [0.3, 0.4) is 0 Å². The lowest BCUT2D eigenvalue weighted by molar-refractivity contribution is 0.385. The first-order valence-corrected chi connectivity index (χ1v) is 3.85. The third kappa shape index (κ3) is 1.58. The van der Waals surface area contributed by atoms with Gasteiger partial charge in [-0.2, -0.15) is 0 Å². The number of anilines is 1. The summed E-state index contributed by atoms with van der Waals surface area (Å²) in [6, 6.07) is 1.66. The molecule has 5 heteroatoms. The van der Waals surface area contributed by atoms with Crippen molar-refractivity contribution in [3.8, 4) is 0 Å². The highest BCUT2D eigenvalue weighted by molar-refractivity contribution is 7.98. The second kappa shape index (κ2) is 3.38. The summed E-state index contributed by atoms with van der Waals surface area (Å²) < 4.78 is 0. The summed E-state index contributed by atoms with van der Waals surface area (Å²) in [5.41, 5.74) is 1.94. The van der Waals surface area contributed by atoms with E-state index in [1.165, 1.54) is 18.1 Å². The average molecular weight is 157 g/mol. The molecule has 2 N–H and O–H groups in total. The van der Waals surface area contributed by atoms with Crippen molar-refractivity contribution in [3.63, 3.8) is 0 Å². The number of thioether (sulfide) groups is 1. The molecule has 1 aromatic rings. The first kappa shape index (κ1) is 7.30. The maximum absolute atomic E-state index is 8.41. The average Bonchev–Trinajstić information content (AvgIpc) is 2.05. The molecule has 1 heterocycles. The molecule has 0 aliphatic carbocycles. The molecule has 0 aromatic carbocycles. The monoisotopic (exact) mass is 157 g/mol. The van der Waals surface area contributed by atoms with E-state index >= 15 is 0 Å². The molecule has 0 bridgehead atoms. The van der Waals surface area contributed by atoms with Crippen molar-refractivity contribution in [2.75, 3.05) is 11.7 Å². The van der Waals surface area contributed by atoms with Crippen LogP contribution in [0.2, 0.25) is 0 Å². The van der Waals surface area contributed by atoms with Crippen molar-refractivity contribution < 1.29 is 5.21 Å². The van der Waals surface area contributed by atoms with E-state index in [9.17, 15) is 0 Å². The Morgan fingerprint density at radius 3 is 3.00 bits per heavy atom. The van der Waals surface area contributed by atoms with Gasteiger partial charge in [0.2, 0.25) is 0 Å². The normalized spacial score (nSPS) is 9.40. The molecule has 0 aliphatic heterocycles. The smallest absolute Gasteiger partial charge is 0.153 e. The molecule has 4 nitrogen and oxygen atoms in total. The van der Waals surface area contributed by atoms with Gasteiger partial charge in [-0.1, -0.05) is 0 Å². The summed E-state index contributed by atoms with van der Waals surface area (Å²) in [7, 11) is 0. The Balaban J connectivity index is 2.87. The van der Waals surface area contributed by atoms with Gasteiger partial charge in [0.15, 0.2) is 5.82 Å². The zero-order valence-corrected chi connectivity index (χ0v) is 6.22. The topological polar surface area (TPSA) is 58.0 Å². The third-order valence-corrected chi connectivity index (χ3v) is 1.61. The van der Waals surface area contributed by atoms with Crippen molar-refractivity contribution in [3.05, 3.63) is 12.4 Å². The number of nitrogens with zero attached hydrogens (tertiary/aromatic N) is 2. The fourth-order valence-corrected chi connectivity index (χ4v) is 0.894. The quantitative estimate of drug-likeness (QED) is 0.381. The van der Waals surface area contributed by atoms with Gasteiger partial charge < -0.3 is 0 Å². The van der Waals surface area contributed by atoms with E-state index in [0.717, 1.165) is 5.03 Å². The molecule has 54 valence electrons. The highest BCUT2D eigenvalue weighted by Crippen LogP contribution is 2.12. The zero-order valence-electron chi connectivity index (χ0n) is 5.40. The van der Waals surface area contributed by atoms with E-state index in [4.69, 9.17) is 5.21 Å². The van der Waals surface area contributed by atoms with Gasteiger partial charge in [0.1, 0.15) is 11.4 Å². The predicted octanol–water partition coefficient (Wildman–Crippen LogP) is 1.000. The van der Waals surface area contributed by atoms with Crippen molar-refractivity contribution in [1.82, 2.24) is 9.97 Å². The molecular formula is C5H7N3OS. The summed E-state index contributed by atoms with van der Waals surface area (Å²) in [6.07, 6.45) is 3.30. The highest BCUT2D eigenvalue weighted by atomic mass is 32.2. The minimum Gasteiger partial charge on any atom is -0.290 e. The van der Waals surface area contributed by atoms with E-state index in [-0.39, 0.29) is 0 Å². The van der Waals surface area contributed by atoms with Gasteiger partial charge in [0.05, 0.1) is 0 Å². The number of rotatable bonds is 2. The van der Waals surface area contributed by atoms with E-state index in [1.807, 2.05) is 11.7 Å². The van der Waals surface area contributed by atoms with Crippen LogP contribution in [0.1, 0.15) is 0 Å². The molecule has 0 atom stereocenters. The Bertz CT molecular complexity index is 199. The Morgan fingerprint density at radius 1 is 1.60 bits per heavy atom. The maximum Gasteiger partial charge on any atom is 0.153 e. The Morgan fingerprint density at radius 2 is 2.40 bits per heavy atom. The van der Waals surface area contributed by atoms with Crippen LogP contribution < -0.4 is 5.48 Å². The lowest BCUT2D eigenvalue weighted by Gasteiger charge is -1.97. The van der Waals surface area contributed by atoms with Crippen molar-refractivity contribution >= 4 is 17.6 Å². The highest BCUT2D eigenvalue weighted by Gasteiger charge is 1.93. The van der Waals surface area contributed by atoms with Gasteiger partial charge in [-0.25, -0.2) is 9.97 Å². The summed E-state index contributed by atoms with van der Waals surface area (Å²) in [4.78, 5) is 7.63. The van der Waals surface area contributed by atoms with Gasteiger partial charge in [0.25, 0.3) is 0 Å². The molecule has 1 rings (SSSR count). The predicted molar refractivity (Wildman–Crippen MR) is 39.2 cm³/mol. The van der Waals surface area contributed by atoms with Crippen LogP contribution in [0, 0.1) is 0 Å². The minimum atomic E-state index is 0.416. The minimum absolute atomic E-state index is 0.416. The molecule has 1 aromatic heterocycles. The van der Waals surface area contributed by atoms with Crippen LogP contribution in [-0.2, 0) is 0 Å². The molecule has 0 spiro atoms. The van der Waals surface area contributed by atoms with Gasteiger partial charge >= 0.3 is 0 Å². The summed E-state index contributed by atoms with van der Waals surface area (Å²) in [5.74, 6) is 0.416. The summed E-state index contributed by atoms with van der Waals surface area (Å²) >= 11 is 1.50. The SMILES string of the molecule is CSc1cc(NO)ncn1. The van der Waals surface area contributed by atoms with Gasteiger partial charge in [-0.3, -0.25) is 10.7 Å². The van der Waals surface area contributed by atoms with E-state index in [2.05, 4.69) is 9.97 Å². The van der Waals surface area contributed by atoms with E-state index in [0.29, 0.717) is 5.82 Å². The van der Waals surface area contributed by atoms with Crippen molar-refractivity contribution in [1.29, 1.82) is 0 Å². The first-order valence-electron chi connectivity index (χ1n) is 2.63. The number of hydrogen-bond donors (Lipinski definition) is 2. The first-order chi connectivity index (χ1) is 4.86. The lowest BCUT2D eigenvalue weighted by Crippen LogP contribution is -1.93. The molecule has 0 aliphatic rings. The zero-order chi connectivity index (χ0) is 7.40. The molecule has 10 heavy (non-hydrogen) atoms. The van der Waals surface area contributed by atoms with Gasteiger partial charge in [0, 0.05) is 6.07 Å². The molecular weight excluding hydrogens is 150 g/mol. The molecule has 0 unspecified atom stereocenters. The van der Waals surface area contributed by atoms with E-state index < -0.39 is 0 Å². The van der Waals surface area contributed by atoms with Crippen molar-refractivity contribution in [2.45, 2.75) is 5.03 Å². The molecule has 0 amide bonds. The summed E-state index contributed by atoms with van der Waals surface area (Å²) in [5, 5.41) is 9.23. The number of nitrogens with one attached hydrogen (secondary N) is 1. The Hall–Kier alpha value is -0.810. The van der Waals surface area contributed by atoms with Crippen molar-refractivity contribution in [2.24, 2.45) is 0 Å². The maximum atomic E-state index is 8.41. The Labute approximate surface area is 62.7 Å². The fraction of sp³-hybridized carbons (Fsp3) is 0.200. The van der Waals surface area contributed by atoms with E-state index in [1.54, 1.807) is 6.07 Å². The standard InChI is InChI=1S/C5H7N3OS/c1-10-5-2-4(8-9)6-3-7-5/h2-3,9H,1H3,(H,6,7,8). The molecule has 0 radical (unpaired) electrons. The van der Waals surface area contributed by atoms with Crippen LogP contribution >= 0.6 is 11.8 Å². The number of hydrogen-bond acceptors (Lipinski definition) is 5. The molecule has 0 saturated heterocycles. The van der Waals surface area contributed by atoms with Crippen LogP contribution in [0.4, 0.5) is 5.82 Å². The fourth-order valence-electron chi connectivity index (χ4n) is 0.512. The molecule has 0 fully saturated rings. The van der Waals surface area contributed by atoms with Crippen LogP contribution in [0.15, 0.2) is 17.4 Å². The van der Waals surface area contributed by atoms with Gasteiger partial charge in [-0.05, 0) is 6.26 Å².